The monoisotopic (exact) mass is 297 g/mol. The molecule has 2 rings (SSSR count). The predicted molar refractivity (Wildman–Crippen MR) is 62.4 cm³/mol. The van der Waals surface area contributed by atoms with E-state index >= 15 is 0 Å². The third-order valence-electron chi connectivity index (χ3n) is 3.03. The quantitative estimate of drug-likeness (QED) is 0.632. The summed E-state index contributed by atoms with van der Waals surface area (Å²) in [4.78, 5) is 11.5. The summed E-state index contributed by atoms with van der Waals surface area (Å²) in [6.07, 6.45) is -3.95. The molecule has 0 saturated carbocycles. The van der Waals surface area contributed by atoms with E-state index in [-0.39, 0.29) is 18.6 Å². The summed E-state index contributed by atoms with van der Waals surface area (Å²) in [6.45, 7) is 1.54. The molecule has 0 radical (unpaired) electrons. The Balaban J connectivity index is 2.78. The Labute approximate surface area is 117 Å². The lowest BCUT2D eigenvalue weighted by Gasteiger charge is -2.06. The van der Waals surface area contributed by atoms with Gasteiger partial charge in [0.25, 0.3) is 5.65 Å². The molecule has 2 heterocycles. The maximum atomic E-state index is 12.6. The summed E-state index contributed by atoms with van der Waals surface area (Å²) in [5.74, 6) is -3.23. The number of imidazole rings is 1. The second-order valence-electron chi connectivity index (χ2n) is 4.43. The standard InChI is InChI=1S/C13H10F3N3O2/c1-8-4-2-6-18-9(10(20)13(14,15)16)12(21)19(11(8)18)7-3-5-17/h2,4,6H,3,7H2,1H3. The van der Waals surface area contributed by atoms with Crippen molar-refractivity contribution < 1.29 is 27.5 Å². The number of pyridine rings is 1. The van der Waals surface area contributed by atoms with Gasteiger partial charge in [0.15, 0.2) is 0 Å². The van der Waals surface area contributed by atoms with Gasteiger partial charge in [-0.25, -0.2) is 4.57 Å². The number of carbonyl (C=O) groups excluding carboxylic acids is 1. The minimum atomic E-state index is -5.13. The summed E-state index contributed by atoms with van der Waals surface area (Å²) in [5, 5.41) is 20.7. The van der Waals surface area contributed by atoms with Crippen LogP contribution >= 0.6 is 0 Å². The molecule has 2 aromatic heterocycles. The van der Waals surface area contributed by atoms with Crippen LogP contribution in [0.1, 0.15) is 22.5 Å². The van der Waals surface area contributed by atoms with E-state index in [0.717, 1.165) is 8.97 Å². The van der Waals surface area contributed by atoms with Crippen LogP contribution in [0, 0.1) is 18.3 Å². The van der Waals surface area contributed by atoms with Crippen molar-refractivity contribution in [1.82, 2.24) is 4.57 Å². The smallest absolute Gasteiger partial charge is 0.458 e. The first-order chi connectivity index (χ1) is 9.79. The van der Waals surface area contributed by atoms with Crippen LogP contribution < -0.4 is 9.51 Å². The minimum Gasteiger partial charge on any atom is -0.839 e. The molecule has 8 heteroatoms. The maximum Gasteiger partial charge on any atom is 0.458 e. The lowest BCUT2D eigenvalue weighted by atomic mass is 10.2. The summed E-state index contributed by atoms with van der Waals surface area (Å²) < 4.78 is 39.9. The summed E-state index contributed by atoms with van der Waals surface area (Å²) in [6, 6.07) is 4.88. The molecule has 0 aliphatic heterocycles. The fourth-order valence-electron chi connectivity index (χ4n) is 2.17. The molecular weight excluding hydrogens is 287 g/mol. The number of nitriles is 1. The first-order valence-electron chi connectivity index (χ1n) is 5.98. The van der Waals surface area contributed by atoms with Crippen molar-refractivity contribution in [3.63, 3.8) is 0 Å². The molecule has 0 bridgehead atoms. The van der Waals surface area contributed by atoms with Crippen LogP contribution in [-0.2, 0) is 6.54 Å². The summed E-state index contributed by atoms with van der Waals surface area (Å²) in [5.41, 5.74) is -0.238. The van der Waals surface area contributed by atoms with E-state index in [2.05, 4.69) is 0 Å². The van der Waals surface area contributed by atoms with E-state index in [0.29, 0.717) is 5.56 Å². The Kier molecular flexibility index (Phi) is 3.60. The Morgan fingerprint density at radius 1 is 1.52 bits per heavy atom. The van der Waals surface area contributed by atoms with Gasteiger partial charge in [0.05, 0.1) is 18.7 Å². The van der Waals surface area contributed by atoms with Gasteiger partial charge in [-0.15, -0.1) is 0 Å². The van der Waals surface area contributed by atoms with Crippen LogP contribution in [0.2, 0.25) is 0 Å². The van der Waals surface area contributed by atoms with Gasteiger partial charge in [-0.3, -0.25) is 4.79 Å². The topological polar surface area (TPSA) is 73.0 Å². The Morgan fingerprint density at radius 3 is 2.76 bits per heavy atom. The SMILES string of the molecule is Cc1ccc[n+]2c(C(=O)C(F)(F)F)c([O-])n(CCC#N)c12. The van der Waals surface area contributed by atoms with Crippen molar-refractivity contribution >= 4 is 11.4 Å². The van der Waals surface area contributed by atoms with Gasteiger partial charge in [-0.05, 0) is 19.1 Å². The zero-order chi connectivity index (χ0) is 15.8. The fraction of sp³-hybridized carbons (Fsp3) is 0.308. The second kappa shape index (κ2) is 5.09. The van der Waals surface area contributed by atoms with E-state index in [9.17, 15) is 23.1 Å². The number of rotatable bonds is 3. The molecule has 0 aliphatic carbocycles. The van der Waals surface area contributed by atoms with Crippen molar-refractivity contribution in [2.45, 2.75) is 26.1 Å². The van der Waals surface area contributed by atoms with Gasteiger partial charge in [0, 0.05) is 5.56 Å². The zero-order valence-corrected chi connectivity index (χ0v) is 10.9. The Bertz CT molecular complexity index is 757. The van der Waals surface area contributed by atoms with Gasteiger partial charge in [-0.1, -0.05) is 0 Å². The highest BCUT2D eigenvalue weighted by molar-refractivity contribution is 5.99. The van der Waals surface area contributed by atoms with Crippen molar-refractivity contribution in [2.24, 2.45) is 0 Å². The summed E-state index contributed by atoms with van der Waals surface area (Å²) in [7, 11) is 0. The highest BCUT2D eigenvalue weighted by Gasteiger charge is 2.45. The predicted octanol–water partition coefficient (Wildman–Crippen LogP) is 1.27. The number of alkyl halides is 3. The number of hydrogen-bond donors (Lipinski definition) is 0. The number of nitrogens with zero attached hydrogens (tertiary/aromatic N) is 3. The number of ketones is 1. The van der Waals surface area contributed by atoms with Gasteiger partial charge in [0.1, 0.15) is 12.4 Å². The molecule has 0 N–H and O–H groups in total. The van der Waals surface area contributed by atoms with Crippen molar-refractivity contribution in [2.75, 3.05) is 0 Å². The first-order valence-corrected chi connectivity index (χ1v) is 5.98. The molecule has 5 nitrogen and oxygen atoms in total. The molecule has 2 aromatic rings. The fourth-order valence-corrected chi connectivity index (χ4v) is 2.17. The molecule has 0 aromatic carbocycles. The molecular formula is C13H10F3N3O2. The van der Waals surface area contributed by atoms with Gasteiger partial charge >= 0.3 is 12.0 Å². The number of halogens is 3. The van der Waals surface area contributed by atoms with E-state index in [1.165, 1.54) is 12.3 Å². The van der Waals surface area contributed by atoms with E-state index in [4.69, 9.17) is 5.26 Å². The van der Waals surface area contributed by atoms with Crippen LogP contribution in [0.15, 0.2) is 18.3 Å². The third kappa shape index (κ3) is 2.42. The second-order valence-corrected chi connectivity index (χ2v) is 4.43. The van der Waals surface area contributed by atoms with Crippen LogP contribution in [0.4, 0.5) is 13.2 Å². The highest BCUT2D eigenvalue weighted by Crippen LogP contribution is 2.26. The molecule has 0 fully saturated rings. The highest BCUT2D eigenvalue weighted by atomic mass is 19.4. The minimum absolute atomic E-state index is 0.0481. The molecule has 21 heavy (non-hydrogen) atoms. The number of fused-ring (bicyclic) bond motifs is 1. The van der Waals surface area contributed by atoms with E-state index in [1.54, 1.807) is 13.0 Å². The van der Waals surface area contributed by atoms with Gasteiger partial charge < -0.3 is 5.11 Å². The molecule has 0 aliphatic rings. The molecule has 110 valence electrons. The number of carbonyl (C=O) groups is 1. The van der Waals surface area contributed by atoms with Crippen molar-refractivity contribution in [1.29, 1.82) is 5.26 Å². The number of Topliss-reactive ketones (excluding diaryl/α,β-unsaturated/α-hetero) is 1. The average molecular weight is 297 g/mol. The van der Waals surface area contributed by atoms with Crippen LogP contribution in [-0.4, -0.2) is 16.5 Å². The number of aromatic nitrogens is 2. The van der Waals surface area contributed by atoms with Crippen LogP contribution in [0.3, 0.4) is 0 Å². The lowest BCUT2D eigenvalue weighted by molar-refractivity contribution is -0.517. The zero-order valence-electron chi connectivity index (χ0n) is 10.9. The number of hydrogen-bond acceptors (Lipinski definition) is 3. The normalized spacial score (nSPS) is 11.6. The van der Waals surface area contributed by atoms with Gasteiger partial charge in [0.2, 0.25) is 5.69 Å². The molecule has 0 saturated heterocycles. The Hall–Kier alpha value is -2.56. The third-order valence-corrected chi connectivity index (χ3v) is 3.03. The lowest BCUT2D eigenvalue weighted by Crippen LogP contribution is -2.35. The summed E-state index contributed by atoms with van der Waals surface area (Å²) >= 11 is 0. The molecule has 0 unspecified atom stereocenters. The molecule has 0 spiro atoms. The van der Waals surface area contributed by atoms with Gasteiger partial charge in [-0.2, -0.15) is 22.8 Å². The average Bonchev–Trinajstić information content (AvgIpc) is 2.68. The molecule has 0 amide bonds. The van der Waals surface area contributed by atoms with Crippen molar-refractivity contribution in [3.8, 4) is 11.9 Å². The Morgan fingerprint density at radius 2 is 2.19 bits per heavy atom. The van der Waals surface area contributed by atoms with Crippen LogP contribution in [0.25, 0.3) is 5.65 Å². The largest absolute Gasteiger partial charge is 0.839 e. The van der Waals surface area contributed by atoms with Crippen LogP contribution in [0.5, 0.6) is 5.88 Å². The van der Waals surface area contributed by atoms with E-state index < -0.39 is 23.5 Å². The molecule has 0 atom stereocenters. The van der Waals surface area contributed by atoms with Crippen molar-refractivity contribution in [3.05, 3.63) is 29.6 Å². The maximum absolute atomic E-state index is 12.6. The van der Waals surface area contributed by atoms with E-state index in [1.807, 2.05) is 6.07 Å². The number of aryl methyl sites for hydroxylation is 2. The first kappa shape index (κ1) is 14.8.